The smallest absolute Gasteiger partial charge is 0.340 e. The maximum Gasteiger partial charge on any atom is 0.340 e. The summed E-state index contributed by atoms with van der Waals surface area (Å²) in [5, 5.41) is 0.982. The largest absolute Gasteiger partial charge is 0.422 e. The number of hydrogen-bond acceptors (Lipinski definition) is 3. The van der Waals surface area contributed by atoms with Crippen LogP contribution in [-0.4, -0.2) is 6.16 Å². The lowest BCUT2D eigenvalue weighted by Gasteiger charge is -2.11. The minimum atomic E-state index is -0.274. The quantitative estimate of drug-likeness (QED) is 0.412. The van der Waals surface area contributed by atoms with E-state index in [0.717, 1.165) is 36.8 Å². The average molecular weight is 361 g/mol. The third-order valence-electron chi connectivity index (χ3n) is 4.74. The van der Waals surface area contributed by atoms with Crippen molar-refractivity contribution in [3.05, 3.63) is 93.1 Å². The Morgan fingerprint density at radius 3 is 2.85 bits per heavy atom. The van der Waals surface area contributed by atoms with Crippen molar-refractivity contribution in [1.29, 1.82) is 0 Å². The Labute approximate surface area is 154 Å². The van der Waals surface area contributed by atoms with Crippen LogP contribution in [0.4, 0.5) is 5.69 Å². The van der Waals surface area contributed by atoms with E-state index in [1.54, 1.807) is 0 Å². The van der Waals surface area contributed by atoms with Gasteiger partial charge in [0.25, 0.3) is 0 Å². The van der Waals surface area contributed by atoms with E-state index in [-0.39, 0.29) is 5.63 Å². The van der Waals surface area contributed by atoms with Crippen molar-refractivity contribution >= 4 is 30.8 Å². The number of hydrogen-bond donors (Lipinski definition) is 1. The second kappa shape index (κ2) is 6.93. The molecule has 0 radical (unpaired) electrons. The van der Waals surface area contributed by atoms with Gasteiger partial charge in [0.2, 0.25) is 0 Å². The number of allylic oxidation sites excluding steroid dienone is 3. The Kier molecular flexibility index (Phi) is 4.48. The molecule has 1 atom stereocenters. The molecule has 1 aromatic heterocycles. The molecule has 130 valence electrons. The van der Waals surface area contributed by atoms with E-state index in [1.807, 2.05) is 37.3 Å². The van der Waals surface area contributed by atoms with Crippen molar-refractivity contribution in [2.75, 3.05) is 11.9 Å². The van der Waals surface area contributed by atoms with Crippen LogP contribution in [0.5, 0.6) is 0 Å². The Balaban J connectivity index is 1.78. The topological polar surface area (TPSA) is 56.2 Å². The average Bonchev–Trinajstić information content (AvgIpc) is 2.65. The highest BCUT2D eigenvalue weighted by atomic mass is 31.1. The summed E-state index contributed by atoms with van der Waals surface area (Å²) in [6, 6.07) is 13.8. The molecular weight excluding hydrogens is 341 g/mol. The molecule has 0 aliphatic carbocycles. The summed E-state index contributed by atoms with van der Waals surface area (Å²) in [6.07, 6.45) is 5.95. The zero-order valence-electron chi connectivity index (χ0n) is 14.6. The van der Waals surface area contributed by atoms with Gasteiger partial charge in [0.15, 0.2) is 0 Å². The highest BCUT2D eigenvalue weighted by Crippen LogP contribution is 2.30. The normalized spacial score (nSPS) is 14.7. The van der Waals surface area contributed by atoms with E-state index in [1.165, 1.54) is 5.57 Å². The summed E-state index contributed by atoms with van der Waals surface area (Å²) < 4.78 is 5.67. The molecule has 0 spiro atoms. The zero-order valence-corrected chi connectivity index (χ0v) is 15.6. The second-order valence-electron chi connectivity index (χ2n) is 6.54. The molecule has 0 saturated heterocycles. The molecule has 0 bridgehead atoms. The molecule has 1 aliphatic rings. The first-order chi connectivity index (χ1) is 12.6. The molecule has 4 rings (SSSR count). The highest BCUT2D eigenvalue weighted by Gasteiger charge is 2.13. The van der Waals surface area contributed by atoms with Crippen LogP contribution in [0.25, 0.3) is 16.5 Å². The zero-order chi connectivity index (χ0) is 18.1. The number of rotatable bonds is 3. The molecule has 1 aliphatic heterocycles. The van der Waals surface area contributed by atoms with Crippen molar-refractivity contribution < 1.29 is 4.42 Å². The fourth-order valence-corrected chi connectivity index (χ4v) is 4.19. The molecule has 2 aromatic carbocycles. The summed E-state index contributed by atoms with van der Waals surface area (Å²) in [5.74, 6) is 2.25. The van der Waals surface area contributed by atoms with Gasteiger partial charge in [-0.3, -0.25) is 0 Å². The molecule has 2 heterocycles. The van der Waals surface area contributed by atoms with Gasteiger partial charge in [-0.1, -0.05) is 50.8 Å². The predicted molar refractivity (Wildman–Crippen MR) is 111 cm³/mol. The van der Waals surface area contributed by atoms with Gasteiger partial charge in [-0.25, -0.2) is 4.79 Å². The summed E-state index contributed by atoms with van der Waals surface area (Å²) in [4.78, 5) is 12.6. The van der Waals surface area contributed by atoms with E-state index in [0.29, 0.717) is 23.3 Å². The minimum Gasteiger partial charge on any atom is -0.422 e. The molecular formula is C22H20NO2P. The first-order valence-corrected chi connectivity index (χ1v) is 9.91. The second-order valence-corrected chi connectivity index (χ2v) is 7.64. The molecule has 3 nitrogen and oxygen atoms in total. The summed E-state index contributed by atoms with van der Waals surface area (Å²) in [7, 11) is 0.809. The number of nitrogen functional groups attached to an aromatic ring is 1. The lowest BCUT2D eigenvalue weighted by molar-refractivity contribution is 0.551. The van der Waals surface area contributed by atoms with Crippen LogP contribution in [0.3, 0.4) is 0 Å². The molecule has 0 saturated carbocycles. The standard InChI is InChI=1S/C22H20NO2P/c1-14-19-8-7-16(17-5-3-9-26-13-17)12-21(19)25-22(24)20(14)11-15-4-2-6-18(23)10-15/h2-8,10,12-13,26H,9,11,23H2,1H3. The number of anilines is 1. The van der Waals surface area contributed by atoms with Gasteiger partial charge in [-0.15, -0.1) is 0 Å². The minimum absolute atomic E-state index is 0.274. The third kappa shape index (κ3) is 3.23. The van der Waals surface area contributed by atoms with Gasteiger partial charge in [0, 0.05) is 23.1 Å². The van der Waals surface area contributed by atoms with Crippen LogP contribution < -0.4 is 11.4 Å². The van der Waals surface area contributed by atoms with Gasteiger partial charge >= 0.3 is 5.63 Å². The number of fused-ring (bicyclic) bond motifs is 1. The molecule has 0 amide bonds. The Hall–Kier alpha value is -2.64. The van der Waals surface area contributed by atoms with Gasteiger partial charge in [-0.2, -0.15) is 0 Å². The third-order valence-corrected chi connectivity index (χ3v) is 5.73. The fraction of sp³-hybridized carbons (Fsp3) is 0.136. The first kappa shape index (κ1) is 16.8. The first-order valence-electron chi connectivity index (χ1n) is 8.63. The van der Waals surface area contributed by atoms with E-state index >= 15 is 0 Å². The van der Waals surface area contributed by atoms with Crippen LogP contribution in [0, 0.1) is 6.92 Å². The van der Waals surface area contributed by atoms with Crippen molar-refractivity contribution in [3.63, 3.8) is 0 Å². The van der Waals surface area contributed by atoms with Gasteiger partial charge in [0.1, 0.15) is 5.58 Å². The van der Waals surface area contributed by atoms with Gasteiger partial charge in [0.05, 0.1) is 0 Å². The van der Waals surface area contributed by atoms with Crippen molar-refractivity contribution in [3.8, 4) is 0 Å². The lowest BCUT2D eigenvalue weighted by atomic mass is 9.97. The molecule has 3 aromatic rings. The fourth-order valence-electron chi connectivity index (χ4n) is 3.34. The van der Waals surface area contributed by atoms with Gasteiger partial charge < -0.3 is 10.2 Å². The van der Waals surface area contributed by atoms with E-state index < -0.39 is 0 Å². The van der Waals surface area contributed by atoms with Crippen LogP contribution in [0.15, 0.2) is 69.6 Å². The molecule has 4 heteroatoms. The lowest BCUT2D eigenvalue weighted by Crippen LogP contribution is -2.11. The van der Waals surface area contributed by atoms with E-state index in [9.17, 15) is 4.79 Å². The Morgan fingerprint density at radius 1 is 1.19 bits per heavy atom. The van der Waals surface area contributed by atoms with E-state index in [4.69, 9.17) is 10.2 Å². The molecule has 2 N–H and O–H groups in total. The maximum atomic E-state index is 12.6. The monoisotopic (exact) mass is 361 g/mol. The molecule has 1 unspecified atom stereocenters. The maximum absolute atomic E-state index is 12.6. The van der Waals surface area contributed by atoms with Crippen LogP contribution >= 0.6 is 8.58 Å². The van der Waals surface area contributed by atoms with E-state index in [2.05, 4.69) is 30.1 Å². The van der Waals surface area contributed by atoms with Crippen LogP contribution in [-0.2, 0) is 6.42 Å². The Morgan fingerprint density at radius 2 is 2.08 bits per heavy atom. The SMILES string of the molecule is Cc1c(Cc2cccc(N)c2)c(=O)oc2cc(C3=CPCC=C3)ccc12. The van der Waals surface area contributed by atoms with Crippen molar-refractivity contribution in [2.45, 2.75) is 13.3 Å². The van der Waals surface area contributed by atoms with Crippen molar-refractivity contribution in [1.82, 2.24) is 0 Å². The number of benzene rings is 2. The predicted octanol–water partition coefficient (Wildman–Crippen LogP) is 4.86. The van der Waals surface area contributed by atoms with Crippen molar-refractivity contribution in [2.24, 2.45) is 0 Å². The number of nitrogens with two attached hydrogens (primary N) is 1. The number of aryl methyl sites for hydroxylation is 1. The highest BCUT2D eigenvalue weighted by molar-refractivity contribution is 7.42. The molecule has 0 fully saturated rings. The Bertz CT molecular complexity index is 1110. The summed E-state index contributed by atoms with van der Waals surface area (Å²) in [6.45, 7) is 1.99. The summed E-state index contributed by atoms with van der Waals surface area (Å²) >= 11 is 0. The van der Waals surface area contributed by atoms with Crippen LogP contribution in [0.2, 0.25) is 0 Å². The van der Waals surface area contributed by atoms with Crippen LogP contribution in [0.1, 0.15) is 22.3 Å². The molecule has 26 heavy (non-hydrogen) atoms. The summed E-state index contributed by atoms with van der Waals surface area (Å²) in [5.41, 5.74) is 11.9. The van der Waals surface area contributed by atoms with Gasteiger partial charge in [-0.05, 0) is 53.5 Å².